The van der Waals surface area contributed by atoms with Crippen LogP contribution in [0.25, 0.3) is 0 Å². The van der Waals surface area contributed by atoms with Gasteiger partial charge in [-0.2, -0.15) is 0 Å². The van der Waals surface area contributed by atoms with Crippen molar-refractivity contribution in [1.29, 1.82) is 0 Å². The smallest absolute Gasteiger partial charge is 0.233 e. The van der Waals surface area contributed by atoms with Crippen molar-refractivity contribution < 1.29 is 14.0 Å². The molecule has 2 unspecified atom stereocenters. The van der Waals surface area contributed by atoms with Gasteiger partial charge in [-0.3, -0.25) is 14.5 Å². The quantitative estimate of drug-likeness (QED) is 0.680. The molecule has 2 amide bonds. The van der Waals surface area contributed by atoms with E-state index in [4.69, 9.17) is 18.0 Å². The third kappa shape index (κ3) is 1.89. The molecule has 110 valence electrons. The van der Waals surface area contributed by atoms with Gasteiger partial charge < -0.3 is 5.73 Å². The predicted octanol–water partition coefficient (Wildman–Crippen LogP) is 1.60. The SMILES string of the molecule is CC1(C)C2C(=O)N(Cc3cccc(C(N)=S)c3F)C(=O)C21. The Kier molecular flexibility index (Phi) is 2.92. The van der Waals surface area contributed by atoms with Crippen molar-refractivity contribution in [3.63, 3.8) is 0 Å². The van der Waals surface area contributed by atoms with Gasteiger partial charge in [-0.25, -0.2) is 4.39 Å². The third-order valence-electron chi connectivity index (χ3n) is 4.56. The number of benzene rings is 1. The summed E-state index contributed by atoms with van der Waals surface area (Å²) in [5, 5.41) is 0. The number of hydrogen-bond donors (Lipinski definition) is 1. The molecular weight excluding hydrogens is 291 g/mol. The van der Waals surface area contributed by atoms with Crippen LogP contribution in [0.5, 0.6) is 0 Å². The largest absolute Gasteiger partial charge is 0.389 e. The number of piperidine rings is 1. The van der Waals surface area contributed by atoms with E-state index in [1.165, 1.54) is 12.1 Å². The number of nitrogens with two attached hydrogens (primary N) is 1. The molecule has 1 aromatic carbocycles. The zero-order chi connectivity index (χ0) is 15.5. The Morgan fingerprint density at radius 1 is 1.33 bits per heavy atom. The summed E-state index contributed by atoms with van der Waals surface area (Å²) in [7, 11) is 0. The summed E-state index contributed by atoms with van der Waals surface area (Å²) in [6, 6.07) is 4.63. The van der Waals surface area contributed by atoms with Gasteiger partial charge in [0.25, 0.3) is 0 Å². The van der Waals surface area contributed by atoms with Crippen LogP contribution in [0.2, 0.25) is 0 Å². The lowest BCUT2D eigenvalue weighted by Crippen LogP contribution is -2.36. The summed E-state index contributed by atoms with van der Waals surface area (Å²) in [5.74, 6) is -1.51. The van der Waals surface area contributed by atoms with E-state index in [0.717, 1.165) is 4.90 Å². The van der Waals surface area contributed by atoms with Crippen molar-refractivity contribution in [3.05, 3.63) is 35.1 Å². The average Bonchev–Trinajstić information content (AvgIpc) is 2.87. The number of imide groups is 1. The Labute approximate surface area is 127 Å². The van der Waals surface area contributed by atoms with Crippen LogP contribution < -0.4 is 5.73 Å². The molecule has 2 fully saturated rings. The molecule has 2 atom stereocenters. The first-order valence-electron chi connectivity index (χ1n) is 6.69. The maximum Gasteiger partial charge on any atom is 0.233 e. The monoisotopic (exact) mass is 306 g/mol. The number of likely N-dealkylation sites (tertiary alicyclic amines) is 1. The highest BCUT2D eigenvalue weighted by atomic mass is 32.1. The lowest BCUT2D eigenvalue weighted by Gasteiger charge is -2.21. The fourth-order valence-electron chi connectivity index (χ4n) is 3.22. The lowest BCUT2D eigenvalue weighted by atomic mass is 10.0. The number of carbonyl (C=O) groups excluding carboxylic acids is 2. The minimum absolute atomic E-state index is 0.0441. The van der Waals surface area contributed by atoms with E-state index in [1.807, 2.05) is 13.8 Å². The molecule has 4 nitrogen and oxygen atoms in total. The van der Waals surface area contributed by atoms with Crippen molar-refractivity contribution in [2.45, 2.75) is 20.4 Å². The Balaban J connectivity index is 1.87. The molecule has 3 rings (SSSR count). The summed E-state index contributed by atoms with van der Waals surface area (Å²) in [4.78, 5) is 25.6. The van der Waals surface area contributed by atoms with Crippen molar-refractivity contribution in [3.8, 4) is 0 Å². The zero-order valence-corrected chi connectivity index (χ0v) is 12.5. The maximum absolute atomic E-state index is 14.3. The van der Waals surface area contributed by atoms with Crippen LogP contribution in [0.1, 0.15) is 25.0 Å². The Bertz CT molecular complexity index is 662. The average molecular weight is 306 g/mol. The fraction of sp³-hybridized carbons (Fsp3) is 0.400. The van der Waals surface area contributed by atoms with Gasteiger partial charge in [-0.1, -0.05) is 38.2 Å². The van der Waals surface area contributed by atoms with Crippen LogP contribution in [0.4, 0.5) is 4.39 Å². The van der Waals surface area contributed by atoms with E-state index in [1.54, 1.807) is 6.07 Å². The van der Waals surface area contributed by atoms with E-state index in [2.05, 4.69) is 0 Å². The van der Waals surface area contributed by atoms with Gasteiger partial charge in [0, 0.05) is 11.1 Å². The second-order valence-corrected chi connectivity index (χ2v) is 6.62. The minimum Gasteiger partial charge on any atom is -0.389 e. The second-order valence-electron chi connectivity index (χ2n) is 6.18. The molecule has 1 aliphatic carbocycles. The molecule has 0 radical (unpaired) electrons. The van der Waals surface area contributed by atoms with Crippen LogP contribution in [0, 0.1) is 23.1 Å². The third-order valence-corrected chi connectivity index (χ3v) is 4.78. The highest BCUT2D eigenvalue weighted by molar-refractivity contribution is 7.80. The Morgan fingerprint density at radius 2 is 1.90 bits per heavy atom. The number of amides is 2. The van der Waals surface area contributed by atoms with Crippen LogP contribution in [-0.2, 0) is 16.1 Å². The second kappa shape index (κ2) is 4.34. The minimum atomic E-state index is -0.564. The van der Waals surface area contributed by atoms with Gasteiger partial charge in [-0.15, -0.1) is 0 Å². The van der Waals surface area contributed by atoms with Gasteiger partial charge >= 0.3 is 0 Å². The highest BCUT2D eigenvalue weighted by Crippen LogP contribution is 2.63. The zero-order valence-electron chi connectivity index (χ0n) is 11.7. The van der Waals surface area contributed by atoms with E-state index in [9.17, 15) is 14.0 Å². The molecule has 2 N–H and O–H groups in total. The van der Waals surface area contributed by atoms with Crippen molar-refractivity contribution in [2.24, 2.45) is 23.0 Å². The number of nitrogens with zero attached hydrogens (tertiary/aromatic N) is 1. The van der Waals surface area contributed by atoms with Crippen LogP contribution >= 0.6 is 12.2 Å². The van der Waals surface area contributed by atoms with E-state index in [0.29, 0.717) is 0 Å². The molecule has 2 aliphatic rings. The molecule has 1 aromatic rings. The molecule has 0 bridgehead atoms. The molecular formula is C15H15FN2O2S. The van der Waals surface area contributed by atoms with E-state index in [-0.39, 0.29) is 51.7 Å². The summed E-state index contributed by atoms with van der Waals surface area (Å²) >= 11 is 4.78. The summed E-state index contributed by atoms with van der Waals surface area (Å²) < 4.78 is 14.3. The van der Waals surface area contributed by atoms with Gasteiger partial charge in [0.15, 0.2) is 0 Å². The number of thiocarbonyl (C=S) groups is 1. The topological polar surface area (TPSA) is 63.4 Å². The predicted molar refractivity (Wildman–Crippen MR) is 78.6 cm³/mol. The number of halogens is 1. The molecule has 1 saturated heterocycles. The molecule has 1 saturated carbocycles. The fourth-order valence-corrected chi connectivity index (χ4v) is 3.38. The Hall–Kier alpha value is -1.82. The van der Waals surface area contributed by atoms with Crippen molar-refractivity contribution >= 4 is 29.0 Å². The normalized spacial score (nSPS) is 26.0. The van der Waals surface area contributed by atoms with E-state index >= 15 is 0 Å². The van der Waals surface area contributed by atoms with Gasteiger partial charge in [0.2, 0.25) is 11.8 Å². The molecule has 21 heavy (non-hydrogen) atoms. The van der Waals surface area contributed by atoms with Gasteiger partial charge in [0.1, 0.15) is 10.8 Å². The number of rotatable bonds is 3. The molecule has 1 heterocycles. The van der Waals surface area contributed by atoms with Gasteiger partial charge in [0.05, 0.1) is 18.4 Å². The molecule has 0 aromatic heterocycles. The van der Waals surface area contributed by atoms with Crippen molar-refractivity contribution in [1.82, 2.24) is 4.90 Å². The number of carbonyl (C=O) groups is 2. The van der Waals surface area contributed by atoms with Crippen LogP contribution in [0.3, 0.4) is 0 Å². The van der Waals surface area contributed by atoms with Gasteiger partial charge in [-0.05, 0) is 11.5 Å². The maximum atomic E-state index is 14.3. The lowest BCUT2D eigenvalue weighted by molar-refractivity contribution is -0.143. The summed E-state index contributed by atoms with van der Waals surface area (Å²) in [5.41, 5.74) is 5.58. The highest BCUT2D eigenvalue weighted by Gasteiger charge is 2.72. The first-order valence-corrected chi connectivity index (χ1v) is 7.10. The van der Waals surface area contributed by atoms with Crippen molar-refractivity contribution in [2.75, 3.05) is 0 Å². The van der Waals surface area contributed by atoms with Crippen LogP contribution in [0.15, 0.2) is 18.2 Å². The first-order chi connectivity index (χ1) is 9.76. The molecule has 0 spiro atoms. The van der Waals surface area contributed by atoms with Crippen LogP contribution in [-0.4, -0.2) is 21.7 Å². The standard InChI is InChI=1S/C15H15FN2O2S/c1-15(2)9-10(15)14(20)18(13(9)19)6-7-4-3-5-8(11(7)16)12(17)21/h3-5,9-10H,6H2,1-2H3,(H2,17,21). The number of fused-ring (bicyclic) bond motifs is 1. The molecule has 1 aliphatic heterocycles. The molecule has 6 heteroatoms. The first kappa shape index (κ1) is 14.1. The number of hydrogen-bond acceptors (Lipinski definition) is 3. The summed E-state index contributed by atoms with van der Waals surface area (Å²) in [6.45, 7) is 3.75. The summed E-state index contributed by atoms with van der Waals surface area (Å²) in [6.07, 6.45) is 0. The van der Waals surface area contributed by atoms with E-state index < -0.39 is 5.82 Å². The Morgan fingerprint density at radius 3 is 2.43 bits per heavy atom.